The average Bonchev–Trinajstić information content (AvgIpc) is 2.25. The maximum Gasteiger partial charge on any atom is 0.341 e. The number of hydrogen-bond acceptors (Lipinski definition) is 3. The van der Waals surface area contributed by atoms with Crippen molar-refractivity contribution in [2.24, 2.45) is 5.92 Å². The Morgan fingerprint density at radius 1 is 1.38 bits per heavy atom. The molecular weight excluding hydrogens is 204 g/mol. The van der Waals surface area contributed by atoms with Gasteiger partial charge < -0.3 is 9.47 Å². The summed E-state index contributed by atoms with van der Waals surface area (Å²) in [7, 11) is 1.55. The number of esters is 1. The van der Waals surface area contributed by atoms with Crippen LogP contribution < -0.4 is 4.74 Å². The molecule has 0 aromatic heterocycles. The molecule has 0 spiro atoms. The van der Waals surface area contributed by atoms with Crippen molar-refractivity contribution in [3.8, 4) is 5.75 Å². The second-order valence-corrected chi connectivity index (χ2v) is 4.20. The zero-order chi connectivity index (χ0) is 12.1. The normalized spacial score (nSPS) is 10.3. The number of hydrogen-bond donors (Lipinski definition) is 0. The van der Waals surface area contributed by atoms with Gasteiger partial charge in [0.1, 0.15) is 11.3 Å². The Kier molecular flexibility index (Phi) is 4.35. The minimum Gasteiger partial charge on any atom is -0.496 e. The molecule has 0 aliphatic carbocycles. The van der Waals surface area contributed by atoms with E-state index in [1.54, 1.807) is 13.2 Å². The smallest absolute Gasteiger partial charge is 0.341 e. The lowest BCUT2D eigenvalue weighted by molar-refractivity contribution is 0.0455. The van der Waals surface area contributed by atoms with Crippen molar-refractivity contribution in [1.82, 2.24) is 0 Å². The molecular formula is C13H18O3. The Balaban J connectivity index is 2.82. The number of carbonyl (C=O) groups excluding carboxylic acids is 1. The van der Waals surface area contributed by atoms with Gasteiger partial charge in [-0.2, -0.15) is 0 Å². The summed E-state index contributed by atoms with van der Waals surface area (Å²) in [5.74, 6) is 0.569. The van der Waals surface area contributed by atoms with Gasteiger partial charge in [-0.05, 0) is 30.5 Å². The molecule has 0 radical (unpaired) electrons. The van der Waals surface area contributed by atoms with Crippen LogP contribution in [0.5, 0.6) is 5.75 Å². The molecule has 0 unspecified atom stereocenters. The lowest BCUT2D eigenvalue weighted by atomic mass is 10.1. The van der Waals surface area contributed by atoms with Crippen molar-refractivity contribution in [2.75, 3.05) is 13.7 Å². The van der Waals surface area contributed by atoms with E-state index in [9.17, 15) is 4.79 Å². The van der Waals surface area contributed by atoms with E-state index < -0.39 is 0 Å². The fourth-order valence-corrected chi connectivity index (χ4v) is 1.29. The van der Waals surface area contributed by atoms with E-state index in [2.05, 4.69) is 0 Å². The van der Waals surface area contributed by atoms with E-state index in [1.807, 2.05) is 32.9 Å². The number of aryl methyl sites for hydroxylation is 1. The molecule has 16 heavy (non-hydrogen) atoms. The van der Waals surface area contributed by atoms with Gasteiger partial charge in [0.25, 0.3) is 0 Å². The van der Waals surface area contributed by atoms with Crippen LogP contribution >= 0.6 is 0 Å². The maximum atomic E-state index is 11.7. The minimum absolute atomic E-state index is 0.328. The fraction of sp³-hybridized carbons (Fsp3) is 0.462. The molecule has 0 amide bonds. The summed E-state index contributed by atoms with van der Waals surface area (Å²) in [6.07, 6.45) is 0. The SMILES string of the molecule is COc1cc(C)ccc1C(=O)OCC(C)C. The van der Waals surface area contributed by atoms with Gasteiger partial charge in [0.15, 0.2) is 0 Å². The molecule has 0 N–H and O–H groups in total. The van der Waals surface area contributed by atoms with Crippen molar-refractivity contribution in [3.63, 3.8) is 0 Å². The van der Waals surface area contributed by atoms with Gasteiger partial charge in [0.2, 0.25) is 0 Å². The second kappa shape index (κ2) is 5.54. The predicted molar refractivity (Wildman–Crippen MR) is 62.9 cm³/mol. The molecule has 1 aromatic rings. The van der Waals surface area contributed by atoms with Gasteiger partial charge >= 0.3 is 5.97 Å². The summed E-state index contributed by atoms with van der Waals surface area (Å²) in [5.41, 5.74) is 1.53. The molecule has 0 aliphatic heterocycles. The van der Waals surface area contributed by atoms with E-state index >= 15 is 0 Å². The Labute approximate surface area is 96.4 Å². The van der Waals surface area contributed by atoms with E-state index in [0.717, 1.165) is 5.56 Å². The molecule has 3 nitrogen and oxygen atoms in total. The van der Waals surface area contributed by atoms with Crippen molar-refractivity contribution in [3.05, 3.63) is 29.3 Å². The zero-order valence-electron chi connectivity index (χ0n) is 10.2. The number of benzene rings is 1. The van der Waals surface area contributed by atoms with Crippen LogP contribution in [-0.4, -0.2) is 19.7 Å². The molecule has 0 bridgehead atoms. The standard InChI is InChI=1S/C13H18O3/c1-9(2)8-16-13(14)11-6-5-10(3)7-12(11)15-4/h5-7,9H,8H2,1-4H3. The maximum absolute atomic E-state index is 11.7. The van der Waals surface area contributed by atoms with Crippen LogP contribution in [0.3, 0.4) is 0 Å². The highest BCUT2D eigenvalue weighted by Crippen LogP contribution is 2.20. The largest absolute Gasteiger partial charge is 0.496 e. The lowest BCUT2D eigenvalue weighted by Crippen LogP contribution is -2.11. The molecule has 0 fully saturated rings. The summed E-state index contributed by atoms with van der Waals surface area (Å²) >= 11 is 0. The zero-order valence-corrected chi connectivity index (χ0v) is 10.2. The van der Waals surface area contributed by atoms with Gasteiger partial charge in [-0.1, -0.05) is 19.9 Å². The highest BCUT2D eigenvalue weighted by atomic mass is 16.5. The molecule has 1 rings (SSSR count). The van der Waals surface area contributed by atoms with Gasteiger partial charge in [-0.3, -0.25) is 0 Å². The second-order valence-electron chi connectivity index (χ2n) is 4.20. The molecule has 1 aromatic carbocycles. The van der Waals surface area contributed by atoms with Gasteiger partial charge in [0.05, 0.1) is 13.7 Å². The van der Waals surface area contributed by atoms with Crippen LogP contribution in [0, 0.1) is 12.8 Å². The summed E-state index contributed by atoms with van der Waals surface area (Å²) in [6.45, 7) is 6.38. The van der Waals surface area contributed by atoms with E-state index in [0.29, 0.717) is 23.8 Å². The highest BCUT2D eigenvalue weighted by molar-refractivity contribution is 5.92. The minimum atomic E-state index is -0.328. The predicted octanol–water partition coefficient (Wildman–Crippen LogP) is 2.82. The first-order valence-electron chi connectivity index (χ1n) is 5.36. The van der Waals surface area contributed by atoms with Gasteiger partial charge in [0, 0.05) is 0 Å². The van der Waals surface area contributed by atoms with Gasteiger partial charge in [-0.25, -0.2) is 4.79 Å². The molecule has 0 saturated heterocycles. The topological polar surface area (TPSA) is 35.5 Å². The Bertz CT molecular complexity index is 369. The van der Waals surface area contributed by atoms with Crippen LogP contribution in [0.4, 0.5) is 0 Å². The molecule has 3 heteroatoms. The summed E-state index contributed by atoms with van der Waals surface area (Å²) in [5, 5.41) is 0. The fourth-order valence-electron chi connectivity index (χ4n) is 1.29. The van der Waals surface area contributed by atoms with Crippen molar-refractivity contribution in [1.29, 1.82) is 0 Å². The first kappa shape index (κ1) is 12.6. The quantitative estimate of drug-likeness (QED) is 0.735. The molecule has 0 saturated carbocycles. The van der Waals surface area contributed by atoms with Crippen LogP contribution in [0.1, 0.15) is 29.8 Å². The Hall–Kier alpha value is -1.51. The van der Waals surface area contributed by atoms with E-state index in [-0.39, 0.29) is 5.97 Å². The third-order valence-electron chi connectivity index (χ3n) is 2.12. The average molecular weight is 222 g/mol. The third kappa shape index (κ3) is 3.26. The van der Waals surface area contributed by atoms with Gasteiger partial charge in [-0.15, -0.1) is 0 Å². The van der Waals surface area contributed by atoms with E-state index in [4.69, 9.17) is 9.47 Å². The van der Waals surface area contributed by atoms with Crippen LogP contribution in [0.2, 0.25) is 0 Å². The summed E-state index contributed by atoms with van der Waals surface area (Å²) in [6, 6.07) is 5.43. The van der Waals surface area contributed by atoms with Crippen molar-refractivity contribution in [2.45, 2.75) is 20.8 Å². The monoisotopic (exact) mass is 222 g/mol. The first-order valence-corrected chi connectivity index (χ1v) is 5.36. The number of methoxy groups -OCH3 is 1. The Morgan fingerprint density at radius 3 is 2.62 bits per heavy atom. The van der Waals surface area contributed by atoms with Crippen LogP contribution in [0.15, 0.2) is 18.2 Å². The molecule has 0 heterocycles. The highest BCUT2D eigenvalue weighted by Gasteiger charge is 2.13. The first-order chi connectivity index (χ1) is 7.54. The lowest BCUT2D eigenvalue weighted by Gasteiger charge is -2.10. The van der Waals surface area contributed by atoms with Crippen molar-refractivity contribution < 1.29 is 14.3 Å². The van der Waals surface area contributed by atoms with Crippen LogP contribution in [-0.2, 0) is 4.74 Å². The molecule has 88 valence electrons. The Morgan fingerprint density at radius 2 is 2.06 bits per heavy atom. The van der Waals surface area contributed by atoms with Crippen molar-refractivity contribution >= 4 is 5.97 Å². The summed E-state index contributed by atoms with van der Waals surface area (Å²) in [4.78, 5) is 11.7. The molecule has 0 aliphatic rings. The third-order valence-corrected chi connectivity index (χ3v) is 2.12. The number of ether oxygens (including phenoxy) is 2. The summed E-state index contributed by atoms with van der Waals surface area (Å²) < 4.78 is 10.3. The van der Waals surface area contributed by atoms with E-state index in [1.165, 1.54) is 0 Å². The molecule has 0 atom stereocenters. The number of rotatable bonds is 4. The number of carbonyl (C=O) groups is 1. The van der Waals surface area contributed by atoms with Crippen LogP contribution in [0.25, 0.3) is 0 Å².